The molecule has 0 bridgehead atoms. The number of benzene rings is 1. The van der Waals surface area contributed by atoms with Crippen molar-refractivity contribution in [3.63, 3.8) is 0 Å². The van der Waals surface area contributed by atoms with Gasteiger partial charge in [0, 0.05) is 12.6 Å². The maximum atomic E-state index is 5.80. The van der Waals surface area contributed by atoms with E-state index in [1.54, 1.807) is 0 Å². The maximum Gasteiger partial charge on any atom is 0.0360 e. The van der Waals surface area contributed by atoms with Gasteiger partial charge in [-0.1, -0.05) is 44.2 Å². The molecule has 0 aromatic heterocycles. The SMILES string of the molecule is CC(C)C1CCN(C(CCN)c2ccccc2)C1. The second-order valence-electron chi connectivity index (χ2n) is 5.79. The van der Waals surface area contributed by atoms with E-state index < -0.39 is 0 Å². The minimum atomic E-state index is 0.514. The molecule has 1 saturated heterocycles. The van der Waals surface area contributed by atoms with Crippen LogP contribution in [0.15, 0.2) is 30.3 Å². The summed E-state index contributed by atoms with van der Waals surface area (Å²) in [4.78, 5) is 2.63. The van der Waals surface area contributed by atoms with Crippen molar-refractivity contribution in [2.75, 3.05) is 19.6 Å². The summed E-state index contributed by atoms with van der Waals surface area (Å²) in [5.41, 5.74) is 7.23. The summed E-state index contributed by atoms with van der Waals surface area (Å²) >= 11 is 0. The van der Waals surface area contributed by atoms with Gasteiger partial charge in [0.05, 0.1) is 0 Å². The molecule has 0 saturated carbocycles. The Hall–Kier alpha value is -0.860. The molecule has 1 fully saturated rings. The summed E-state index contributed by atoms with van der Waals surface area (Å²) in [7, 11) is 0. The first-order chi connectivity index (χ1) is 8.72. The van der Waals surface area contributed by atoms with Crippen molar-refractivity contribution < 1.29 is 0 Å². The maximum absolute atomic E-state index is 5.80. The van der Waals surface area contributed by atoms with Crippen molar-refractivity contribution in [2.24, 2.45) is 17.6 Å². The molecule has 0 radical (unpaired) electrons. The lowest BCUT2D eigenvalue weighted by Gasteiger charge is -2.28. The summed E-state index contributed by atoms with van der Waals surface area (Å²) in [5, 5.41) is 0. The molecular weight excluding hydrogens is 220 g/mol. The predicted octanol–water partition coefficient (Wildman–Crippen LogP) is 3.05. The highest BCUT2D eigenvalue weighted by atomic mass is 15.2. The van der Waals surface area contributed by atoms with Crippen molar-refractivity contribution in [3.05, 3.63) is 35.9 Å². The van der Waals surface area contributed by atoms with Gasteiger partial charge >= 0.3 is 0 Å². The molecule has 1 aliphatic rings. The van der Waals surface area contributed by atoms with Gasteiger partial charge in [0.2, 0.25) is 0 Å². The van der Waals surface area contributed by atoms with Crippen LogP contribution in [-0.2, 0) is 0 Å². The highest BCUT2D eigenvalue weighted by Gasteiger charge is 2.29. The van der Waals surface area contributed by atoms with Crippen molar-refractivity contribution >= 4 is 0 Å². The molecule has 2 unspecified atom stereocenters. The summed E-state index contributed by atoms with van der Waals surface area (Å²) in [6.45, 7) is 7.91. The van der Waals surface area contributed by atoms with Crippen molar-refractivity contribution in [3.8, 4) is 0 Å². The van der Waals surface area contributed by atoms with Crippen LogP contribution < -0.4 is 5.73 Å². The molecule has 1 aliphatic heterocycles. The van der Waals surface area contributed by atoms with Gasteiger partial charge in [-0.3, -0.25) is 4.90 Å². The van der Waals surface area contributed by atoms with Crippen LogP contribution >= 0.6 is 0 Å². The average molecular weight is 246 g/mol. The fraction of sp³-hybridized carbons (Fsp3) is 0.625. The first-order valence-corrected chi connectivity index (χ1v) is 7.21. The molecule has 2 rings (SSSR count). The lowest BCUT2D eigenvalue weighted by atomic mass is 9.95. The van der Waals surface area contributed by atoms with E-state index in [-0.39, 0.29) is 0 Å². The Morgan fingerprint density at radius 1 is 1.28 bits per heavy atom. The summed E-state index contributed by atoms with van der Waals surface area (Å²) < 4.78 is 0. The molecule has 1 aromatic carbocycles. The number of nitrogens with two attached hydrogens (primary N) is 1. The molecule has 2 atom stereocenters. The Kier molecular flexibility index (Phi) is 4.79. The zero-order valence-corrected chi connectivity index (χ0v) is 11.7. The number of hydrogen-bond donors (Lipinski definition) is 1. The minimum absolute atomic E-state index is 0.514. The zero-order valence-electron chi connectivity index (χ0n) is 11.7. The van der Waals surface area contributed by atoms with E-state index in [1.807, 2.05) is 0 Å². The van der Waals surface area contributed by atoms with E-state index in [2.05, 4.69) is 49.1 Å². The van der Waals surface area contributed by atoms with E-state index >= 15 is 0 Å². The van der Waals surface area contributed by atoms with Crippen LogP contribution in [0.5, 0.6) is 0 Å². The van der Waals surface area contributed by atoms with Gasteiger partial charge in [0.15, 0.2) is 0 Å². The van der Waals surface area contributed by atoms with Crippen LogP contribution in [0.25, 0.3) is 0 Å². The lowest BCUT2D eigenvalue weighted by Crippen LogP contribution is -2.29. The number of nitrogens with zero attached hydrogens (tertiary/aromatic N) is 1. The summed E-state index contributed by atoms with van der Waals surface area (Å²) in [6, 6.07) is 11.3. The van der Waals surface area contributed by atoms with E-state index in [0.717, 1.165) is 24.8 Å². The molecule has 2 N–H and O–H groups in total. The van der Waals surface area contributed by atoms with Crippen LogP contribution in [0.4, 0.5) is 0 Å². The third-order valence-corrected chi connectivity index (χ3v) is 4.26. The number of hydrogen-bond acceptors (Lipinski definition) is 2. The monoisotopic (exact) mass is 246 g/mol. The van der Waals surface area contributed by atoms with Crippen LogP contribution in [0, 0.1) is 11.8 Å². The molecule has 0 spiro atoms. The summed E-state index contributed by atoms with van der Waals surface area (Å²) in [6.07, 6.45) is 2.40. The molecule has 100 valence electrons. The Labute approximate surface area is 111 Å². The molecule has 18 heavy (non-hydrogen) atoms. The largest absolute Gasteiger partial charge is 0.330 e. The third-order valence-electron chi connectivity index (χ3n) is 4.26. The first kappa shape index (κ1) is 13.6. The van der Waals surface area contributed by atoms with E-state index in [4.69, 9.17) is 5.73 Å². The lowest BCUT2D eigenvalue weighted by molar-refractivity contribution is 0.218. The van der Waals surface area contributed by atoms with Gasteiger partial charge in [-0.05, 0) is 43.3 Å². The zero-order chi connectivity index (χ0) is 13.0. The molecular formula is C16H26N2. The van der Waals surface area contributed by atoms with Crippen molar-refractivity contribution in [2.45, 2.75) is 32.7 Å². The van der Waals surface area contributed by atoms with Crippen molar-refractivity contribution in [1.82, 2.24) is 4.90 Å². The molecule has 2 heteroatoms. The van der Waals surface area contributed by atoms with Crippen molar-refractivity contribution in [1.29, 1.82) is 0 Å². The van der Waals surface area contributed by atoms with Gasteiger partial charge in [0.1, 0.15) is 0 Å². The van der Waals surface area contributed by atoms with Crippen LogP contribution in [-0.4, -0.2) is 24.5 Å². The van der Waals surface area contributed by atoms with Gasteiger partial charge in [-0.2, -0.15) is 0 Å². The molecule has 1 aromatic rings. The molecule has 0 amide bonds. The second-order valence-corrected chi connectivity index (χ2v) is 5.79. The smallest absolute Gasteiger partial charge is 0.0360 e. The van der Waals surface area contributed by atoms with E-state index in [1.165, 1.54) is 25.1 Å². The Balaban J connectivity index is 2.07. The van der Waals surface area contributed by atoms with Crippen LogP contribution in [0.2, 0.25) is 0 Å². The highest BCUT2D eigenvalue weighted by molar-refractivity contribution is 5.19. The van der Waals surface area contributed by atoms with Crippen LogP contribution in [0.1, 0.15) is 38.3 Å². The van der Waals surface area contributed by atoms with Gasteiger partial charge in [-0.25, -0.2) is 0 Å². The normalized spacial score (nSPS) is 22.6. The van der Waals surface area contributed by atoms with E-state index in [0.29, 0.717) is 6.04 Å². The highest BCUT2D eigenvalue weighted by Crippen LogP contribution is 2.32. The second kappa shape index (κ2) is 6.35. The predicted molar refractivity (Wildman–Crippen MR) is 77.4 cm³/mol. The molecule has 0 aliphatic carbocycles. The topological polar surface area (TPSA) is 29.3 Å². The Morgan fingerprint density at radius 2 is 2.00 bits per heavy atom. The van der Waals surface area contributed by atoms with E-state index in [9.17, 15) is 0 Å². The van der Waals surface area contributed by atoms with Crippen LogP contribution in [0.3, 0.4) is 0 Å². The summed E-state index contributed by atoms with van der Waals surface area (Å²) in [5.74, 6) is 1.65. The first-order valence-electron chi connectivity index (χ1n) is 7.21. The van der Waals surface area contributed by atoms with Gasteiger partial charge < -0.3 is 5.73 Å². The quantitative estimate of drug-likeness (QED) is 0.865. The Bertz CT molecular complexity index is 347. The minimum Gasteiger partial charge on any atom is -0.330 e. The number of likely N-dealkylation sites (tertiary alicyclic amines) is 1. The molecule has 2 nitrogen and oxygen atoms in total. The fourth-order valence-electron chi connectivity index (χ4n) is 3.04. The standard InChI is InChI=1S/C16H26N2/c1-13(2)15-9-11-18(12-15)16(8-10-17)14-6-4-3-5-7-14/h3-7,13,15-16H,8-12,17H2,1-2H3. The van der Waals surface area contributed by atoms with Gasteiger partial charge in [0.25, 0.3) is 0 Å². The number of rotatable bonds is 5. The third kappa shape index (κ3) is 3.12. The fourth-order valence-corrected chi connectivity index (χ4v) is 3.04. The van der Waals surface area contributed by atoms with Gasteiger partial charge in [-0.15, -0.1) is 0 Å². The average Bonchev–Trinajstić information content (AvgIpc) is 2.86. The Morgan fingerprint density at radius 3 is 2.56 bits per heavy atom. The molecule has 1 heterocycles.